The van der Waals surface area contributed by atoms with Gasteiger partial charge >= 0.3 is 0 Å². The van der Waals surface area contributed by atoms with E-state index < -0.39 is 12.2 Å². The standard InChI is InChI=1S/C10H15NO3/c11-5-9(13)7-3-1-2-4-8(7)10(14)6-12/h1-4,9-10,12-14H,5-6,11H2. The molecule has 1 rings (SSSR count). The fourth-order valence-corrected chi connectivity index (χ4v) is 1.34. The molecule has 0 heterocycles. The summed E-state index contributed by atoms with van der Waals surface area (Å²) in [4.78, 5) is 0. The molecule has 1 aromatic rings. The van der Waals surface area contributed by atoms with Crippen LogP contribution in [0.25, 0.3) is 0 Å². The molecule has 0 fully saturated rings. The first kappa shape index (κ1) is 11.1. The number of hydrogen-bond donors (Lipinski definition) is 4. The molecule has 2 atom stereocenters. The number of rotatable bonds is 4. The molecule has 78 valence electrons. The summed E-state index contributed by atoms with van der Waals surface area (Å²) in [6, 6.07) is 6.84. The highest BCUT2D eigenvalue weighted by atomic mass is 16.3. The zero-order chi connectivity index (χ0) is 10.6. The first-order valence-corrected chi connectivity index (χ1v) is 4.46. The number of hydrogen-bond acceptors (Lipinski definition) is 4. The van der Waals surface area contributed by atoms with E-state index in [4.69, 9.17) is 10.8 Å². The van der Waals surface area contributed by atoms with Gasteiger partial charge in [-0.3, -0.25) is 0 Å². The van der Waals surface area contributed by atoms with E-state index >= 15 is 0 Å². The normalized spacial score (nSPS) is 15.1. The molecular formula is C10H15NO3. The van der Waals surface area contributed by atoms with Crippen LogP contribution >= 0.6 is 0 Å². The predicted molar refractivity (Wildman–Crippen MR) is 52.5 cm³/mol. The third-order valence-electron chi connectivity index (χ3n) is 2.11. The fraction of sp³-hybridized carbons (Fsp3) is 0.400. The van der Waals surface area contributed by atoms with Gasteiger partial charge in [-0.05, 0) is 11.1 Å². The van der Waals surface area contributed by atoms with Gasteiger partial charge in [0, 0.05) is 6.54 Å². The summed E-state index contributed by atoms with van der Waals surface area (Å²) in [5, 5.41) is 27.8. The van der Waals surface area contributed by atoms with Crippen LogP contribution in [0.4, 0.5) is 0 Å². The smallest absolute Gasteiger partial charge is 0.102 e. The van der Waals surface area contributed by atoms with Gasteiger partial charge in [0.15, 0.2) is 0 Å². The second kappa shape index (κ2) is 5.07. The number of aliphatic hydroxyl groups is 3. The van der Waals surface area contributed by atoms with Crippen molar-refractivity contribution in [1.29, 1.82) is 0 Å². The molecule has 0 saturated carbocycles. The van der Waals surface area contributed by atoms with Gasteiger partial charge in [-0.25, -0.2) is 0 Å². The minimum atomic E-state index is -0.965. The van der Waals surface area contributed by atoms with Crippen LogP contribution in [0.1, 0.15) is 23.3 Å². The maximum atomic E-state index is 9.54. The zero-order valence-corrected chi connectivity index (χ0v) is 7.80. The quantitative estimate of drug-likeness (QED) is 0.534. The van der Waals surface area contributed by atoms with Crippen molar-refractivity contribution in [2.75, 3.05) is 13.2 Å². The van der Waals surface area contributed by atoms with Crippen LogP contribution in [0, 0.1) is 0 Å². The largest absolute Gasteiger partial charge is 0.393 e. The van der Waals surface area contributed by atoms with Gasteiger partial charge in [-0.2, -0.15) is 0 Å². The summed E-state index contributed by atoms with van der Waals surface area (Å²) in [5.41, 5.74) is 6.41. The lowest BCUT2D eigenvalue weighted by Gasteiger charge is -2.16. The minimum absolute atomic E-state index is 0.0924. The second-order valence-electron chi connectivity index (χ2n) is 3.08. The molecule has 0 spiro atoms. The van der Waals surface area contributed by atoms with Crippen molar-refractivity contribution in [3.8, 4) is 0 Å². The Bertz CT molecular complexity index is 261. The Morgan fingerprint density at radius 1 is 1.07 bits per heavy atom. The van der Waals surface area contributed by atoms with E-state index in [9.17, 15) is 10.2 Å². The van der Waals surface area contributed by atoms with Crippen LogP contribution in [-0.2, 0) is 0 Å². The number of aliphatic hydroxyl groups excluding tert-OH is 3. The van der Waals surface area contributed by atoms with E-state index in [1.165, 1.54) is 0 Å². The minimum Gasteiger partial charge on any atom is -0.393 e. The van der Waals surface area contributed by atoms with Crippen molar-refractivity contribution in [2.45, 2.75) is 12.2 Å². The van der Waals surface area contributed by atoms with Crippen molar-refractivity contribution < 1.29 is 15.3 Å². The summed E-state index contributed by atoms with van der Waals surface area (Å²) < 4.78 is 0. The molecule has 4 heteroatoms. The lowest BCUT2D eigenvalue weighted by molar-refractivity contribution is 0.0913. The molecule has 5 N–H and O–H groups in total. The highest BCUT2D eigenvalue weighted by Crippen LogP contribution is 2.22. The molecule has 0 saturated heterocycles. The van der Waals surface area contributed by atoms with E-state index in [2.05, 4.69) is 0 Å². The van der Waals surface area contributed by atoms with Crippen LogP contribution in [0.2, 0.25) is 0 Å². The van der Waals surface area contributed by atoms with Gasteiger partial charge in [0.1, 0.15) is 6.10 Å². The third kappa shape index (κ3) is 2.30. The molecule has 14 heavy (non-hydrogen) atoms. The van der Waals surface area contributed by atoms with Crippen molar-refractivity contribution in [2.24, 2.45) is 5.73 Å². The Kier molecular flexibility index (Phi) is 4.03. The summed E-state index contributed by atoms with van der Waals surface area (Å²) in [6.07, 6.45) is -1.76. The molecular weight excluding hydrogens is 182 g/mol. The molecule has 0 aliphatic carbocycles. The lowest BCUT2D eigenvalue weighted by Crippen LogP contribution is -2.15. The topological polar surface area (TPSA) is 86.7 Å². The van der Waals surface area contributed by atoms with Crippen molar-refractivity contribution in [3.63, 3.8) is 0 Å². The van der Waals surface area contributed by atoms with E-state index in [1.807, 2.05) is 0 Å². The Hall–Kier alpha value is -0.940. The fourth-order valence-electron chi connectivity index (χ4n) is 1.34. The first-order chi connectivity index (χ1) is 6.70. The van der Waals surface area contributed by atoms with E-state index in [-0.39, 0.29) is 13.2 Å². The molecule has 0 aromatic heterocycles. The Morgan fingerprint density at radius 3 is 2.00 bits per heavy atom. The monoisotopic (exact) mass is 197 g/mol. The van der Waals surface area contributed by atoms with Crippen LogP contribution < -0.4 is 5.73 Å². The molecule has 0 amide bonds. The van der Waals surface area contributed by atoms with Crippen molar-refractivity contribution in [3.05, 3.63) is 35.4 Å². The van der Waals surface area contributed by atoms with Crippen LogP contribution in [-0.4, -0.2) is 28.5 Å². The van der Waals surface area contributed by atoms with Gasteiger partial charge < -0.3 is 21.1 Å². The van der Waals surface area contributed by atoms with E-state index in [0.717, 1.165) is 0 Å². The van der Waals surface area contributed by atoms with Gasteiger partial charge in [0.05, 0.1) is 12.7 Å². The molecule has 0 radical (unpaired) electrons. The summed E-state index contributed by atoms with van der Waals surface area (Å²) in [5.74, 6) is 0. The molecule has 0 bridgehead atoms. The van der Waals surface area contributed by atoms with Crippen LogP contribution in [0.5, 0.6) is 0 Å². The highest BCUT2D eigenvalue weighted by Gasteiger charge is 2.15. The average Bonchev–Trinajstić information content (AvgIpc) is 2.27. The lowest BCUT2D eigenvalue weighted by atomic mass is 9.98. The molecule has 0 aliphatic heterocycles. The van der Waals surface area contributed by atoms with Crippen molar-refractivity contribution >= 4 is 0 Å². The average molecular weight is 197 g/mol. The highest BCUT2D eigenvalue weighted by molar-refractivity contribution is 5.31. The first-order valence-electron chi connectivity index (χ1n) is 4.46. The SMILES string of the molecule is NCC(O)c1ccccc1C(O)CO. The molecule has 0 aliphatic rings. The van der Waals surface area contributed by atoms with Gasteiger partial charge in [0.2, 0.25) is 0 Å². The van der Waals surface area contributed by atoms with Crippen molar-refractivity contribution in [1.82, 2.24) is 0 Å². The molecule has 4 nitrogen and oxygen atoms in total. The number of benzene rings is 1. The van der Waals surface area contributed by atoms with E-state index in [1.54, 1.807) is 24.3 Å². The number of nitrogens with two attached hydrogens (primary N) is 1. The van der Waals surface area contributed by atoms with Crippen LogP contribution in [0.15, 0.2) is 24.3 Å². The second-order valence-corrected chi connectivity index (χ2v) is 3.08. The molecule has 1 aromatic carbocycles. The summed E-state index contributed by atoms with van der Waals surface area (Å²) in [6.45, 7) is -0.274. The van der Waals surface area contributed by atoms with Gasteiger partial charge in [-0.15, -0.1) is 0 Å². The maximum absolute atomic E-state index is 9.54. The zero-order valence-electron chi connectivity index (χ0n) is 7.80. The van der Waals surface area contributed by atoms with Gasteiger partial charge in [0.25, 0.3) is 0 Å². The Balaban J connectivity index is 3.02. The summed E-state index contributed by atoms with van der Waals surface area (Å²) in [7, 11) is 0. The third-order valence-corrected chi connectivity index (χ3v) is 2.11. The van der Waals surface area contributed by atoms with Gasteiger partial charge in [-0.1, -0.05) is 24.3 Å². The maximum Gasteiger partial charge on any atom is 0.102 e. The summed E-state index contributed by atoms with van der Waals surface area (Å²) >= 11 is 0. The Morgan fingerprint density at radius 2 is 1.57 bits per heavy atom. The predicted octanol–water partition coefficient (Wildman–Crippen LogP) is -0.296. The Labute approximate surface area is 82.6 Å². The molecule has 2 unspecified atom stereocenters. The van der Waals surface area contributed by atoms with Crippen LogP contribution in [0.3, 0.4) is 0 Å². The van der Waals surface area contributed by atoms with E-state index in [0.29, 0.717) is 11.1 Å².